The fraction of sp³-hybridized carbons (Fsp3) is 0. The molecule has 4 aromatic heterocycles. The lowest BCUT2D eigenvalue weighted by Crippen LogP contribution is -2.61. The first kappa shape index (κ1) is 60.2. The van der Waals surface area contributed by atoms with Gasteiger partial charge in [-0.1, -0.05) is 297 Å². The number of para-hydroxylation sites is 8. The lowest BCUT2D eigenvalue weighted by molar-refractivity contribution is 1.17. The van der Waals surface area contributed by atoms with E-state index in [4.69, 9.17) is 0 Å². The highest BCUT2D eigenvalue weighted by Crippen LogP contribution is 2.55. The summed E-state index contributed by atoms with van der Waals surface area (Å²) >= 11 is 0. The predicted octanol–water partition coefficient (Wildman–Crippen LogP) is 25.1. The van der Waals surface area contributed by atoms with Crippen LogP contribution in [-0.4, -0.2) is 20.2 Å². The predicted molar refractivity (Wildman–Crippen MR) is 456 cm³/mol. The largest absolute Gasteiger partial charge is 0.310 e. The molecular formula is C102H64BN5. The summed E-state index contributed by atoms with van der Waals surface area (Å²) in [6.07, 6.45) is 0. The molecule has 0 aliphatic carbocycles. The number of fused-ring (bicyclic) bond motifs is 16. The first-order chi connectivity index (χ1) is 53.6. The summed E-state index contributed by atoms with van der Waals surface area (Å²) < 4.78 is 7.41. The molecule has 6 heterocycles. The van der Waals surface area contributed by atoms with Crippen LogP contribution < -0.4 is 26.2 Å². The highest BCUT2D eigenvalue weighted by atomic mass is 15.2. The maximum Gasteiger partial charge on any atom is 0.252 e. The minimum atomic E-state index is -0.265. The van der Waals surface area contributed by atoms with Crippen molar-refractivity contribution in [3.63, 3.8) is 0 Å². The number of anilines is 6. The first-order valence-electron chi connectivity index (χ1n) is 37.4. The van der Waals surface area contributed by atoms with Gasteiger partial charge in [0.15, 0.2) is 0 Å². The molecule has 6 heteroatoms. The summed E-state index contributed by atoms with van der Waals surface area (Å²) in [5, 5.41) is 9.87. The molecular weight excluding hydrogens is 1310 g/mol. The van der Waals surface area contributed by atoms with Crippen molar-refractivity contribution in [3.05, 3.63) is 388 Å². The van der Waals surface area contributed by atoms with Crippen LogP contribution in [0.1, 0.15) is 0 Å². The van der Waals surface area contributed by atoms with E-state index >= 15 is 0 Å². The molecule has 0 N–H and O–H groups in total. The van der Waals surface area contributed by atoms with Gasteiger partial charge >= 0.3 is 0 Å². The van der Waals surface area contributed by atoms with E-state index in [2.05, 4.69) is 412 Å². The monoisotopic (exact) mass is 1370 g/mol. The van der Waals surface area contributed by atoms with Crippen molar-refractivity contribution in [1.82, 2.24) is 13.5 Å². The van der Waals surface area contributed by atoms with E-state index in [0.717, 1.165) is 123 Å². The van der Waals surface area contributed by atoms with Crippen LogP contribution in [0.3, 0.4) is 0 Å². The Morgan fingerprint density at radius 3 is 1.05 bits per heavy atom. The molecule has 0 spiro atoms. The van der Waals surface area contributed by atoms with Gasteiger partial charge in [0.05, 0.1) is 50.0 Å². The van der Waals surface area contributed by atoms with E-state index in [1.54, 1.807) is 0 Å². The Morgan fingerprint density at radius 1 is 0.194 bits per heavy atom. The minimum Gasteiger partial charge on any atom is -0.310 e. The van der Waals surface area contributed by atoms with Gasteiger partial charge in [-0.15, -0.1) is 0 Å². The smallest absolute Gasteiger partial charge is 0.252 e. The second-order valence-corrected chi connectivity index (χ2v) is 29.0. The van der Waals surface area contributed by atoms with Crippen LogP contribution >= 0.6 is 0 Å². The molecule has 17 aromatic carbocycles. The van der Waals surface area contributed by atoms with Crippen molar-refractivity contribution in [1.29, 1.82) is 0 Å². The zero-order valence-electron chi connectivity index (χ0n) is 58.8. The van der Waals surface area contributed by atoms with Crippen LogP contribution in [0, 0.1) is 0 Å². The maximum absolute atomic E-state index is 2.70. The van der Waals surface area contributed by atoms with Crippen LogP contribution in [-0.2, 0) is 0 Å². The van der Waals surface area contributed by atoms with Crippen molar-refractivity contribution >= 4 is 139 Å². The standard InChI is InChI=1S/C102H64BN5/c1-6-27-65(28-7-1)75-41-24-42-76(66-29-8-2-9-30-66)100(75)107-95-61-71(69-52-57-93-85(59-69)82-40-19-22-49-91(82)104(93)73-35-14-5-15-36-73)51-55-87(95)103-88-56-54-74(105-89-47-20-16-37-79(89)80-38-17-21-48-90(80)105)64-96(88)108(101-77(67-31-10-3-11-32-67)43-25-44-78(101)68-33-12-4-13-34-68)98-63-72(62-97(107)99(98)103)70-53-58-94-86(60-70)84-46-26-45-83-81-39-18-23-50-92(81)106(94)102(83)84/h1-64H. The number of benzene rings is 17. The lowest BCUT2D eigenvalue weighted by Gasteiger charge is -2.46. The third-order valence-corrected chi connectivity index (χ3v) is 23.3. The summed E-state index contributed by atoms with van der Waals surface area (Å²) in [6.45, 7) is -0.265. The van der Waals surface area contributed by atoms with E-state index in [1.165, 1.54) is 87.1 Å². The number of aromatic nitrogens is 3. The molecule has 0 atom stereocenters. The van der Waals surface area contributed by atoms with Crippen LogP contribution in [0.2, 0.25) is 0 Å². The summed E-state index contributed by atoms with van der Waals surface area (Å²) in [7, 11) is 0. The zero-order valence-corrected chi connectivity index (χ0v) is 58.8. The maximum atomic E-state index is 2.70. The highest BCUT2D eigenvalue weighted by Gasteiger charge is 2.46. The molecule has 0 radical (unpaired) electrons. The molecule has 0 saturated heterocycles. The molecule has 108 heavy (non-hydrogen) atoms. The summed E-state index contributed by atoms with van der Waals surface area (Å²) in [4.78, 5) is 5.40. The molecule has 0 amide bonds. The van der Waals surface area contributed by atoms with Crippen molar-refractivity contribution in [2.75, 3.05) is 9.80 Å². The molecule has 500 valence electrons. The van der Waals surface area contributed by atoms with Crippen molar-refractivity contribution in [2.24, 2.45) is 0 Å². The summed E-state index contributed by atoms with van der Waals surface area (Å²) in [5.41, 5.74) is 34.4. The Hall–Kier alpha value is -14.2. The zero-order chi connectivity index (χ0) is 70.7. The van der Waals surface area contributed by atoms with Gasteiger partial charge in [0, 0.05) is 99.5 Å². The lowest BCUT2D eigenvalue weighted by atomic mass is 9.33. The number of rotatable bonds is 10. The Kier molecular flexibility index (Phi) is 13.2. The quantitative estimate of drug-likeness (QED) is 0.127. The highest BCUT2D eigenvalue weighted by molar-refractivity contribution is 7.00. The number of hydrogen-bond donors (Lipinski definition) is 0. The summed E-state index contributed by atoms with van der Waals surface area (Å²) in [5.74, 6) is 0. The van der Waals surface area contributed by atoms with E-state index < -0.39 is 0 Å². The third kappa shape index (κ3) is 8.89. The fourth-order valence-corrected chi connectivity index (χ4v) is 18.7. The van der Waals surface area contributed by atoms with Crippen molar-refractivity contribution < 1.29 is 0 Å². The molecule has 2 aliphatic heterocycles. The summed E-state index contributed by atoms with van der Waals surface area (Å²) in [6, 6.07) is 146. The van der Waals surface area contributed by atoms with Gasteiger partial charge in [0.2, 0.25) is 0 Å². The number of nitrogens with zero attached hydrogens (tertiary/aromatic N) is 5. The Balaban J connectivity index is 0.876. The van der Waals surface area contributed by atoms with E-state index in [-0.39, 0.29) is 6.71 Å². The Morgan fingerprint density at radius 2 is 0.528 bits per heavy atom. The SMILES string of the molecule is c1ccc(-c2cccc(-c3ccccc3)c2N2c3cc(-c4ccc5c(c4)c4ccccc4n5-c4ccccc4)ccc3B3c4ccc(-n5c6ccccc6c6ccccc65)cc4N(c4c(-c5ccccc5)cccc4-c4ccccc4)c4cc(-c5ccc6c(c5)c5cccc7c8ccccc8n6c75)cc2c43)cc1. The van der Waals surface area contributed by atoms with Gasteiger partial charge in [0.25, 0.3) is 6.71 Å². The van der Waals surface area contributed by atoms with E-state index in [0.29, 0.717) is 0 Å². The molecule has 0 saturated carbocycles. The molecule has 0 bridgehead atoms. The average molecular weight is 1370 g/mol. The third-order valence-electron chi connectivity index (χ3n) is 23.3. The molecule has 0 fully saturated rings. The Labute approximate surface area is 624 Å². The van der Waals surface area contributed by atoms with Crippen molar-refractivity contribution in [2.45, 2.75) is 0 Å². The van der Waals surface area contributed by atoms with Gasteiger partial charge in [-0.3, -0.25) is 0 Å². The second kappa shape index (κ2) is 23.7. The molecule has 21 aromatic rings. The van der Waals surface area contributed by atoms with Gasteiger partial charge in [-0.05, 0) is 152 Å². The van der Waals surface area contributed by atoms with Gasteiger partial charge in [0.1, 0.15) is 0 Å². The topological polar surface area (TPSA) is 20.8 Å². The molecule has 0 unspecified atom stereocenters. The van der Waals surface area contributed by atoms with Crippen molar-refractivity contribution in [3.8, 4) is 78.1 Å². The molecule has 5 nitrogen and oxygen atoms in total. The van der Waals surface area contributed by atoms with Gasteiger partial charge < -0.3 is 23.3 Å². The molecule has 23 rings (SSSR count). The van der Waals surface area contributed by atoms with E-state index in [1.807, 2.05) is 0 Å². The minimum absolute atomic E-state index is 0.265. The van der Waals surface area contributed by atoms with Crippen LogP contribution in [0.4, 0.5) is 34.1 Å². The first-order valence-corrected chi connectivity index (χ1v) is 37.4. The van der Waals surface area contributed by atoms with E-state index in [9.17, 15) is 0 Å². The van der Waals surface area contributed by atoms with Crippen LogP contribution in [0.25, 0.3) is 160 Å². The fourth-order valence-electron chi connectivity index (χ4n) is 18.7. The molecule has 2 aliphatic rings. The second-order valence-electron chi connectivity index (χ2n) is 29.0. The Bertz CT molecular complexity index is 7070. The van der Waals surface area contributed by atoms with Crippen LogP contribution in [0.15, 0.2) is 388 Å². The van der Waals surface area contributed by atoms with Crippen LogP contribution in [0.5, 0.6) is 0 Å². The number of hydrogen-bond acceptors (Lipinski definition) is 2. The average Bonchev–Trinajstić information content (AvgIpc) is 0.730. The van der Waals surface area contributed by atoms with Gasteiger partial charge in [-0.2, -0.15) is 0 Å². The van der Waals surface area contributed by atoms with Gasteiger partial charge in [-0.25, -0.2) is 0 Å². The normalized spacial score (nSPS) is 12.6.